The van der Waals surface area contributed by atoms with Crippen LogP contribution in [0.25, 0.3) is 0 Å². The Balaban J connectivity index is -0.000000108. The van der Waals surface area contributed by atoms with Crippen molar-refractivity contribution >= 4 is 23.5 Å². The van der Waals surface area contributed by atoms with Gasteiger partial charge in [0.15, 0.2) is 0 Å². The van der Waals surface area contributed by atoms with Gasteiger partial charge in [0.25, 0.3) is 0 Å². The first kappa shape index (κ1) is 28.6. The van der Waals surface area contributed by atoms with Gasteiger partial charge in [0.2, 0.25) is 0 Å². The number of carboxylic acids is 2. The summed E-state index contributed by atoms with van der Waals surface area (Å²) in [7, 11) is 0. The number of rotatable bonds is 8. The molecule has 0 heterocycles. The molecule has 8 nitrogen and oxygen atoms in total. The third-order valence-corrected chi connectivity index (χ3v) is 1.21. The number of carbonyl (C=O) groups is 4. The number of hydrogen-bond donors (Lipinski definition) is 0. The molecule has 0 aromatic rings. The molecule has 0 aromatic carbocycles. The Kier molecular flexibility index (Phi) is 28.3. The summed E-state index contributed by atoms with van der Waals surface area (Å²) < 4.78 is 0. The van der Waals surface area contributed by atoms with Crippen LogP contribution in [0, 0.1) is 0 Å². The van der Waals surface area contributed by atoms with Crippen molar-refractivity contribution in [2.45, 2.75) is 40.0 Å². The van der Waals surface area contributed by atoms with Crippen molar-refractivity contribution in [3.05, 3.63) is 12.8 Å². The van der Waals surface area contributed by atoms with Crippen LogP contribution in [0.2, 0.25) is 0 Å². The Morgan fingerprint density at radius 1 is 1.00 bits per heavy atom. The van der Waals surface area contributed by atoms with E-state index in [1.807, 2.05) is 6.92 Å². The molecule has 0 spiro atoms. The van der Waals surface area contributed by atoms with Crippen LogP contribution in [0.1, 0.15) is 40.0 Å². The van der Waals surface area contributed by atoms with Crippen LogP contribution in [0.15, 0.2) is 12.8 Å². The molecule has 0 saturated carbocycles. The van der Waals surface area contributed by atoms with Crippen molar-refractivity contribution in [3.8, 4) is 0 Å². The number of carbonyl (C=O) groups excluding carboxylic acids is 4. The second kappa shape index (κ2) is 21.8. The van der Waals surface area contributed by atoms with E-state index in [9.17, 15) is 29.4 Å². The van der Waals surface area contributed by atoms with E-state index >= 15 is 0 Å². The molecular weight excluding hydrogens is 332 g/mol. The summed E-state index contributed by atoms with van der Waals surface area (Å²) in [4.78, 5) is 47.5. The van der Waals surface area contributed by atoms with Gasteiger partial charge in [0.1, 0.15) is 17.8 Å². The van der Waals surface area contributed by atoms with Crippen molar-refractivity contribution in [2.24, 2.45) is 0 Å². The van der Waals surface area contributed by atoms with Crippen LogP contribution < -0.4 is 10.2 Å². The van der Waals surface area contributed by atoms with Gasteiger partial charge in [0.05, 0.1) is 6.61 Å². The largest absolute Gasteiger partial charge is 2.00 e. The van der Waals surface area contributed by atoms with Gasteiger partial charge in [-0.2, -0.15) is 4.89 Å². The molecule has 0 bridgehead atoms. The molecule has 0 aliphatic rings. The predicted octanol–water partition coefficient (Wildman–Crippen LogP) is -1.08. The summed E-state index contributed by atoms with van der Waals surface area (Å²) in [6, 6.07) is 0. The molecular formula is C13H20O8Ti. The minimum atomic E-state index is -1.31. The van der Waals surface area contributed by atoms with Gasteiger partial charge >= 0.3 is 21.7 Å². The maximum absolute atomic E-state index is 9.83. The van der Waals surface area contributed by atoms with Crippen LogP contribution in [0.3, 0.4) is 0 Å². The van der Waals surface area contributed by atoms with Crippen molar-refractivity contribution in [2.75, 3.05) is 6.61 Å². The fourth-order valence-electron chi connectivity index (χ4n) is 0.586. The number of carboxylic acid groups (broad SMARTS) is 2. The Morgan fingerprint density at radius 2 is 1.36 bits per heavy atom. The van der Waals surface area contributed by atoms with Gasteiger partial charge in [-0.3, -0.25) is 9.59 Å². The fourth-order valence-corrected chi connectivity index (χ4v) is 0.586. The van der Waals surface area contributed by atoms with Gasteiger partial charge in [0, 0.05) is 24.8 Å². The second-order valence-corrected chi connectivity index (χ2v) is 3.59. The van der Waals surface area contributed by atoms with E-state index in [1.165, 1.54) is 20.1 Å². The van der Waals surface area contributed by atoms with E-state index in [-0.39, 0.29) is 33.3 Å². The SMILES string of the molecule is C=COOCCC.CC(=O)CC(=O)[O-].CC(=O)CC(=O)[O-].[Ti+2]. The van der Waals surface area contributed by atoms with Crippen LogP contribution in [-0.4, -0.2) is 30.1 Å². The average molecular weight is 352 g/mol. The zero-order valence-electron chi connectivity index (χ0n) is 12.9. The molecule has 0 N–H and O–H groups in total. The first-order valence-electron chi connectivity index (χ1n) is 5.95. The maximum atomic E-state index is 9.83. The van der Waals surface area contributed by atoms with Gasteiger partial charge in [-0.05, 0) is 20.3 Å². The first-order chi connectivity index (χ1) is 9.67. The number of hydrogen-bond acceptors (Lipinski definition) is 8. The van der Waals surface area contributed by atoms with E-state index in [0.29, 0.717) is 6.61 Å². The normalized spacial score (nSPS) is 7.77. The molecule has 0 radical (unpaired) electrons. The van der Waals surface area contributed by atoms with Crippen molar-refractivity contribution in [1.82, 2.24) is 0 Å². The van der Waals surface area contributed by atoms with E-state index in [2.05, 4.69) is 16.4 Å². The fraction of sp³-hybridized carbons (Fsp3) is 0.538. The summed E-state index contributed by atoms with van der Waals surface area (Å²) in [5.74, 6) is -3.37. The Bertz CT molecular complexity index is 291. The maximum Gasteiger partial charge on any atom is 2.00 e. The van der Waals surface area contributed by atoms with Crippen LogP contribution >= 0.6 is 0 Å². The third-order valence-electron chi connectivity index (χ3n) is 1.21. The van der Waals surface area contributed by atoms with E-state index in [4.69, 9.17) is 0 Å². The first-order valence-corrected chi connectivity index (χ1v) is 5.95. The molecule has 9 heteroatoms. The van der Waals surface area contributed by atoms with Gasteiger partial charge in [-0.1, -0.05) is 13.5 Å². The molecule has 0 unspecified atom stereocenters. The molecule has 0 saturated heterocycles. The molecule has 0 atom stereocenters. The van der Waals surface area contributed by atoms with Crippen molar-refractivity contribution in [1.29, 1.82) is 0 Å². The molecule has 0 amide bonds. The number of aliphatic carboxylic acids is 2. The Morgan fingerprint density at radius 3 is 1.50 bits per heavy atom. The predicted molar refractivity (Wildman–Crippen MR) is 68.1 cm³/mol. The average Bonchev–Trinajstić information content (AvgIpc) is 2.27. The molecule has 124 valence electrons. The van der Waals surface area contributed by atoms with Gasteiger partial charge in [-0.15, -0.1) is 0 Å². The van der Waals surface area contributed by atoms with Crippen molar-refractivity contribution in [3.63, 3.8) is 0 Å². The van der Waals surface area contributed by atoms with Crippen LogP contribution in [-0.2, 0) is 50.7 Å². The quantitative estimate of drug-likeness (QED) is 0.134. The summed E-state index contributed by atoms with van der Waals surface area (Å²) in [5.41, 5.74) is 0. The Labute approximate surface area is 144 Å². The zero-order valence-corrected chi connectivity index (χ0v) is 14.4. The van der Waals surface area contributed by atoms with Crippen LogP contribution in [0.5, 0.6) is 0 Å². The molecule has 0 fully saturated rings. The number of ketones is 2. The van der Waals surface area contributed by atoms with E-state index < -0.39 is 24.8 Å². The van der Waals surface area contributed by atoms with Crippen LogP contribution in [0.4, 0.5) is 0 Å². The van der Waals surface area contributed by atoms with Crippen molar-refractivity contribution < 1.29 is 60.9 Å². The minimum Gasteiger partial charge on any atom is -0.550 e. The van der Waals surface area contributed by atoms with E-state index in [1.54, 1.807) is 0 Å². The smallest absolute Gasteiger partial charge is 0.550 e. The van der Waals surface area contributed by atoms with E-state index in [0.717, 1.165) is 6.42 Å². The molecule has 0 aliphatic carbocycles. The minimum absolute atomic E-state index is 0. The number of Topliss-reactive ketones (excluding diaryl/α,β-unsaturated/α-hetero) is 2. The standard InChI is InChI=1S/C5H10O2.2C4H6O3.Ti/c1-3-5-7-6-4-2;2*1-3(5)2-4(6)7;/h4H,2-3,5H2,1H3;2*2H2,1H3,(H,6,7);/q;;;+2/p-2. The molecule has 0 aliphatic heterocycles. The summed E-state index contributed by atoms with van der Waals surface area (Å²) in [6.07, 6.45) is 1.28. The summed E-state index contributed by atoms with van der Waals surface area (Å²) >= 11 is 0. The zero-order chi connectivity index (χ0) is 17.3. The molecule has 22 heavy (non-hydrogen) atoms. The topological polar surface area (TPSA) is 133 Å². The summed E-state index contributed by atoms with van der Waals surface area (Å²) in [6.45, 7) is 8.33. The molecule has 0 aromatic heterocycles. The van der Waals surface area contributed by atoms with Gasteiger partial charge < -0.3 is 24.7 Å². The third kappa shape index (κ3) is 51.4. The Hall–Kier alpha value is -1.51. The second-order valence-electron chi connectivity index (χ2n) is 3.59. The monoisotopic (exact) mass is 352 g/mol. The van der Waals surface area contributed by atoms with Gasteiger partial charge in [-0.25, -0.2) is 0 Å². The summed E-state index contributed by atoms with van der Waals surface area (Å²) in [5, 5.41) is 19.0. The molecule has 0 rings (SSSR count).